The first-order valence-electron chi connectivity index (χ1n) is 10.5. The van der Waals surface area contributed by atoms with E-state index in [2.05, 4.69) is 0 Å². The molecule has 2 aliphatic heterocycles. The second-order valence-corrected chi connectivity index (χ2v) is 7.94. The molecule has 0 N–H and O–H groups in total. The number of esters is 1. The van der Waals surface area contributed by atoms with Crippen LogP contribution >= 0.6 is 0 Å². The third-order valence-corrected chi connectivity index (χ3v) is 6.48. The molecule has 2 aromatic heterocycles. The van der Waals surface area contributed by atoms with E-state index in [4.69, 9.17) is 4.74 Å². The first-order valence-corrected chi connectivity index (χ1v) is 10.5. The summed E-state index contributed by atoms with van der Waals surface area (Å²) in [6.07, 6.45) is 6.91. The molecule has 5 rings (SSSR count). The molecule has 6 heteroatoms. The first-order chi connectivity index (χ1) is 15.0. The molecular formula is C25H22F2N2O2+2. The Labute approximate surface area is 179 Å². The number of aromatic nitrogens is 2. The standard InChI is InChI=1S/C25H22F2N2O2/c1-3-18-17-13-16(26)14-19(27)23(17)20-9-6-8-12-29(20)25(18,4-2)15-22-28-11-7-5-10-21(28)24(30)31-22/h5-15,18H,3-4H2,1-2H3/q+2. The van der Waals surface area contributed by atoms with Gasteiger partial charge < -0.3 is 4.74 Å². The van der Waals surface area contributed by atoms with E-state index in [0.717, 1.165) is 6.07 Å². The predicted octanol–water partition coefficient (Wildman–Crippen LogP) is 4.49. The highest BCUT2D eigenvalue weighted by Crippen LogP contribution is 2.47. The van der Waals surface area contributed by atoms with Gasteiger partial charge in [-0.05, 0) is 30.2 Å². The molecule has 3 aromatic rings. The van der Waals surface area contributed by atoms with E-state index in [1.165, 1.54) is 6.07 Å². The summed E-state index contributed by atoms with van der Waals surface area (Å²) in [5.74, 6) is -1.40. The summed E-state index contributed by atoms with van der Waals surface area (Å²) in [5.41, 5.74) is 1.49. The zero-order chi connectivity index (χ0) is 21.8. The van der Waals surface area contributed by atoms with E-state index < -0.39 is 23.1 Å². The minimum absolute atomic E-state index is 0.225. The summed E-state index contributed by atoms with van der Waals surface area (Å²) in [6, 6.07) is 13.3. The van der Waals surface area contributed by atoms with Crippen molar-refractivity contribution in [1.29, 1.82) is 0 Å². The molecule has 2 aliphatic rings. The topological polar surface area (TPSA) is 34.1 Å². The minimum atomic E-state index is -0.682. The molecule has 0 saturated heterocycles. The highest BCUT2D eigenvalue weighted by Gasteiger charge is 2.54. The van der Waals surface area contributed by atoms with Crippen LogP contribution in [0.4, 0.5) is 8.78 Å². The van der Waals surface area contributed by atoms with Crippen molar-refractivity contribution in [2.24, 2.45) is 0 Å². The summed E-state index contributed by atoms with van der Waals surface area (Å²) < 4.78 is 38.7. The Morgan fingerprint density at radius 3 is 2.55 bits per heavy atom. The van der Waals surface area contributed by atoms with Gasteiger partial charge in [0.15, 0.2) is 12.4 Å². The number of hydrogen-bond acceptors (Lipinski definition) is 2. The number of carbonyl (C=O) groups is 1. The highest BCUT2D eigenvalue weighted by molar-refractivity contribution is 5.90. The number of ether oxygens (including phenoxy) is 1. The van der Waals surface area contributed by atoms with E-state index in [1.807, 2.05) is 55.0 Å². The lowest BCUT2D eigenvalue weighted by Gasteiger charge is -2.37. The Bertz CT molecular complexity index is 1250. The van der Waals surface area contributed by atoms with E-state index in [1.54, 1.807) is 22.9 Å². The summed E-state index contributed by atoms with van der Waals surface area (Å²) in [7, 11) is 0. The number of nitrogens with zero attached hydrogens (tertiary/aromatic N) is 2. The third kappa shape index (κ3) is 2.74. The second-order valence-electron chi connectivity index (χ2n) is 7.94. The Hall–Kier alpha value is -3.41. The van der Waals surface area contributed by atoms with Crippen LogP contribution in [-0.4, -0.2) is 5.97 Å². The molecule has 0 bridgehead atoms. The fourth-order valence-corrected chi connectivity index (χ4v) is 5.16. The van der Waals surface area contributed by atoms with Gasteiger partial charge in [0.25, 0.3) is 5.69 Å². The molecule has 2 atom stereocenters. The van der Waals surface area contributed by atoms with Crippen molar-refractivity contribution < 1.29 is 27.4 Å². The van der Waals surface area contributed by atoms with Crippen LogP contribution < -0.4 is 9.13 Å². The molecule has 0 aliphatic carbocycles. The molecule has 0 amide bonds. The van der Waals surface area contributed by atoms with Gasteiger partial charge in [-0.25, -0.2) is 13.6 Å². The van der Waals surface area contributed by atoms with E-state index >= 15 is 0 Å². The van der Waals surface area contributed by atoms with Crippen molar-refractivity contribution in [3.05, 3.63) is 89.9 Å². The Kier molecular flexibility index (Phi) is 4.46. The SMILES string of the molecule is CCC1c2cc(F)cc(F)c2-c2cccc[n+]2C1(C=C1OC(=O)c2cccc[n+]21)CC. The molecule has 0 fully saturated rings. The summed E-state index contributed by atoms with van der Waals surface area (Å²) in [5, 5.41) is 0. The van der Waals surface area contributed by atoms with Gasteiger partial charge in [-0.2, -0.15) is 4.57 Å². The number of allylic oxidation sites excluding steroid dienone is 1. The van der Waals surface area contributed by atoms with Gasteiger partial charge in [0.05, 0.1) is 11.5 Å². The van der Waals surface area contributed by atoms with Crippen LogP contribution in [0.2, 0.25) is 0 Å². The van der Waals surface area contributed by atoms with Crippen LogP contribution in [0.1, 0.15) is 48.7 Å². The Balaban J connectivity index is 1.82. The number of pyridine rings is 2. The lowest BCUT2D eigenvalue weighted by molar-refractivity contribution is -0.750. The lowest BCUT2D eigenvalue weighted by Crippen LogP contribution is -2.62. The van der Waals surface area contributed by atoms with Crippen LogP contribution in [0, 0.1) is 11.6 Å². The van der Waals surface area contributed by atoms with Gasteiger partial charge in [0.1, 0.15) is 17.7 Å². The number of rotatable bonds is 3. The molecule has 2 unspecified atom stereocenters. The van der Waals surface area contributed by atoms with Gasteiger partial charge >= 0.3 is 11.9 Å². The van der Waals surface area contributed by atoms with E-state index in [9.17, 15) is 13.6 Å². The largest absolute Gasteiger partial charge is 0.413 e. The second kappa shape index (κ2) is 7.08. The number of hydrogen-bond donors (Lipinski definition) is 0. The van der Waals surface area contributed by atoms with Crippen LogP contribution in [0.5, 0.6) is 0 Å². The van der Waals surface area contributed by atoms with Crippen LogP contribution in [0.15, 0.2) is 67.0 Å². The Morgan fingerprint density at radius 1 is 1.06 bits per heavy atom. The summed E-state index contributed by atoms with van der Waals surface area (Å²) in [4.78, 5) is 12.4. The average molecular weight is 420 g/mol. The molecule has 0 saturated carbocycles. The number of halogens is 2. The van der Waals surface area contributed by atoms with Gasteiger partial charge in [0, 0.05) is 36.8 Å². The Morgan fingerprint density at radius 2 is 1.81 bits per heavy atom. The lowest BCUT2D eigenvalue weighted by atomic mass is 9.70. The first kappa shape index (κ1) is 19.5. The summed E-state index contributed by atoms with van der Waals surface area (Å²) >= 11 is 0. The van der Waals surface area contributed by atoms with Crippen molar-refractivity contribution in [3.8, 4) is 11.3 Å². The molecule has 4 heterocycles. The van der Waals surface area contributed by atoms with E-state index in [0.29, 0.717) is 41.2 Å². The maximum Gasteiger partial charge on any atom is 0.413 e. The fourth-order valence-electron chi connectivity index (χ4n) is 5.16. The molecule has 31 heavy (non-hydrogen) atoms. The van der Waals surface area contributed by atoms with Crippen LogP contribution in [0.25, 0.3) is 17.1 Å². The average Bonchev–Trinajstić information content (AvgIpc) is 3.08. The summed E-state index contributed by atoms with van der Waals surface area (Å²) in [6.45, 7) is 4.05. The maximum absolute atomic E-state index is 15.0. The van der Waals surface area contributed by atoms with Gasteiger partial charge in [-0.15, -0.1) is 4.57 Å². The van der Waals surface area contributed by atoms with Crippen molar-refractivity contribution >= 4 is 11.9 Å². The monoisotopic (exact) mass is 420 g/mol. The molecular weight excluding hydrogens is 398 g/mol. The van der Waals surface area contributed by atoms with Crippen molar-refractivity contribution in [2.75, 3.05) is 0 Å². The zero-order valence-electron chi connectivity index (χ0n) is 17.3. The van der Waals surface area contributed by atoms with Crippen molar-refractivity contribution in [1.82, 2.24) is 0 Å². The third-order valence-electron chi connectivity index (χ3n) is 6.48. The molecule has 0 spiro atoms. The van der Waals surface area contributed by atoms with Gasteiger partial charge in [-0.1, -0.05) is 13.8 Å². The van der Waals surface area contributed by atoms with Crippen molar-refractivity contribution in [2.45, 2.75) is 38.1 Å². The van der Waals surface area contributed by atoms with E-state index in [-0.39, 0.29) is 5.92 Å². The van der Waals surface area contributed by atoms with Crippen LogP contribution in [-0.2, 0) is 10.3 Å². The van der Waals surface area contributed by atoms with Crippen molar-refractivity contribution in [3.63, 3.8) is 0 Å². The molecule has 4 nitrogen and oxygen atoms in total. The number of fused-ring (bicyclic) bond motifs is 4. The smallest absolute Gasteiger partial charge is 0.362 e. The molecule has 1 aromatic carbocycles. The quantitative estimate of drug-likeness (QED) is 0.462. The highest BCUT2D eigenvalue weighted by atomic mass is 19.1. The van der Waals surface area contributed by atoms with Crippen LogP contribution in [0.3, 0.4) is 0 Å². The predicted molar refractivity (Wildman–Crippen MR) is 110 cm³/mol. The molecule has 0 radical (unpaired) electrons. The normalized spacial score (nSPS) is 22.6. The number of cyclic esters (lactones) is 1. The fraction of sp³-hybridized carbons (Fsp3) is 0.240. The van der Waals surface area contributed by atoms with Gasteiger partial charge in [-0.3, -0.25) is 0 Å². The molecule has 156 valence electrons. The van der Waals surface area contributed by atoms with Gasteiger partial charge in [0.2, 0.25) is 11.2 Å². The zero-order valence-corrected chi connectivity index (χ0v) is 17.3. The maximum atomic E-state index is 15.0. The minimum Gasteiger partial charge on any atom is -0.362 e. The number of carbonyl (C=O) groups excluding carboxylic acids is 1. The number of benzene rings is 1.